The molecule has 0 aliphatic carbocycles. The van der Waals surface area contributed by atoms with Crippen molar-refractivity contribution in [3.8, 4) is 0 Å². The van der Waals surface area contributed by atoms with E-state index in [0.717, 1.165) is 3.70 Å². The van der Waals surface area contributed by atoms with Crippen LogP contribution in [0, 0.1) is 3.70 Å². The van der Waals surface area contributed by atoms with Crippen LogP contribution in [0.15, 0.2) is 0 Å². The van der Waals surface area contributed by atoms with Crippen molar-refractivity contribution in [1.29, 1.82) is 0 Å². The molecule has 0 fully saturated rings. The number of aldehydes is 1. The zero-order chi connectivity index (χ0) is 10.9. The number of carbonyl (C=O) groups is 2. The Morgan fingerprint density at radius 1 is 1.57 bits per heavy atom. The van der Waals surface area contributed by atoms with Gasteiger partial charge in [-0.25, -0.2) is 4.79 Å². The first-order valence-corrected chi connectivity index (χ1v) is 5.16. The normalized spacial score (nSPS) is 10.6. The minimum Gasteiger partial charge on any atom is -0.478 e. The maximum atomic E-state index is 10.9. The molecule has 0 bridgehead atoms. The predicted molar refractivity (Wildman–Crippen MR) is 59.9 cm³/mol. The summed E-state index contributed by atoms with van der Waals surface area (Å²) in [7, 11) is 0. The lowest BCUT2D eigenvalue weighted by Crippen LogP contribution is -2.04. The Bertz CT molecular complexity index is 382. The van der Waals surface area contributed by atoms with Crippen LogP contribution in [0.2, 0.25) is 0 Å². The average Bonchev–Trinajstić information content (AvgIpc) is 2.41. The summed E-state index contributed by atoms with van der Waals surface area (Å²) >= 11 is 2.00. The molecular formula is C9H10INO3. The number of halogens is 1. The van der Waals surface area contributed by atoms with Crippen LogP contribution >= 0.6 is 22.6 Å². The van der Waals surface area contributed by atoms with Crippen molar-refractivity contribution in [2.24, 2.45) is 0 Å². The van der Waals surface area contributed by atoms with Gasteiger partial charge in [0.1, 0.15) is 0 Å². The molecule has 0 saturated heterocycles. The van der Waals surface area contributed by atoms with Crippen LogP contribution in [0.5, 0.6) is 0 Å². The van der Waals surface area contributed by atoms with E-state index in [1.165, 1.54) is 0 Å². The molecule has 0 aromatic carbocycles. The van der Waals surface area contributed by atoms with Gasteiger partial charge in [-0.05, 0) is 28.5 Å². The zero-order valence-corrected chi connectivity index (χ0v) is 9.95. The molecule has 0 spiro atoms. The van der Waals surface area contributed by atoms with Crippen LogP contribution in [0.4, 0.5) is 0 Å². The fraction of sp³-hybridized carbons (Fsp3) is 0.333. The average molecular weight is 307 g/mol. The number of H-pyrrole nitrogens is 1. The first-order chi connectivity index (χ1) is 6.49. The Balaban J connectivity index is 3.46. The molecule has 5 heteroatoms. The second kappa shape index (κ2) is 4.12. The highest BCUT2D eigenvalue weighted by molar-refractivity contribution is 14.1. The van der Waals surface area contributed by atoms with Crippen LogP contribution in [-0.4, -0.2) is 22.3 Å². The summed E-state index contributed by atoms with van der Waals surface area (Å²) < 4.78 is 0.720. The van der Waals surface area contributed by atoms with E-state index in [4.69, 9.17) is 5.11 Å². The van der Waals surface area contributed by atoms with Gasteiger partial charge in [-0.2, -0.15) is 0 Å². The van der Waals surface area contributed by atoms with Crippen molar-refractivity contribution in [3.05, 3.63) is 20.5 Å². The van der Waals surface area contributed by atoms with E-state index in [1.807, 2.05) is 36.4 Å². The van der Waals surface area contributed by atoms with Crippen LogP contribution in [0.1, 0.15) is 46.2 Å². The van der Waals surface area contributed by atoms with E-state index in [2.05, 4.69) is 4.98 Å². The third-order valence-corrected chi connectivity index (χ3v) is 2.78. The number of rotatable bonds is 3. The third kappa shape index (κ3) is 1.82. The largest absolute Gasteiger partial charge is 0.478 e. The summed E-state index contributed by atoms with van der Waals surface area (Å²) in [5.74, 6) is -0.979. The molecule has 4 nitrogen and oxygen atoms in total. The number of aromatic nitrogens is 1. The summed E-state index contributed by atoms with van der Waals surface area (Å²) in [6.07, 6.45) is 0.539. The van der Waals surface area contributed by atoms with Crippen LogP contribution in [-0.2, 0) is 0 Å². The Morgan fingerprint density at radius 3 is 2.50 bits per heavy atom. The van der Waals surface area contributed by atoms with Crippen molar-refractivity contribution in [2.75, 3.05) is 0 Å². The van der Waals surface area contributed by atoms with Gasteiger partial charge in [0, 0.05) is 5.56 Å². The zero-order valence-electron chi connectivity index (χ0n) is 7.80. The second-order valence-electron chi connectivity index (χ2n) is 3.22. The number of nitrogens with one attached hydrogen (secondary N) is 1. The molecular weight excluding hydrogens is 297 g/mol. The smallest absolute Gasteiger partial charge is 0.338 e. The minimum atomic E-state index is -1.06. The molecule has 76 valence electrons. The van der Waals surface area contributed by atoms with E-state index < -0.39 is 5.97 Å². The van der Waals surface area contributed by atoms with Gasteiger partial charge in [-0.3, -0.25) is 4.79 Å². The van der Waals surface area contributed by atoms with Gasteiger partial charge in [0.25, 0.3) is 0 Å². The number of aromatic carboxylic acids is 1. The second-order valence-corrected chi connectivity index (χ2v) is 4.30. The maximum absolute atomic E-state index is 10.9. The molecule has 1 aromatic rings. The van der Waals surface area contributed by atoms with Crippen molar-refractivity contribution in [1.82, 2.24) is 4.98 Å². The summed E-state index contributed by atoms with van der Waals surface area (Å²) in [6, 6.07) is 0. The number of carbonyl (C=O) groups excluding carboxylic acids is 1. The maximum Gasteiger partial charge on any atom is 0.338 e. The summed E-state index contributed by atoms with van der Waals surface area (Å²) in [5, 5.41) is 8.96. The molecule has 0 aliphatic heterocycles. The molecule has 2 N–H and O–H groups in total. The van der Waals surface area contributed by atoms with Gasteiger partial charge in [-0.1, -0.05) is 13.8 Å². The number of hydrogen-bond acceptors (Lipinski definition) is 2. The lowest BCUT2D eigenvalue weighted by atomic mass is 10.0. The highest BCUT2D eigenvalue weighted by atomic mass is 127. The molecule has 0 radical (unpaired) electrons. The minimum absolute atomic E-state index is 0.0814. The lowest BCUT2D eigenvalue weighted by Gasteiger charge is -2.04. The van der Waals surface area contributed by atoms with Gasteiger partial charge in [0.2, 0.25) is 0 Å². The predicted octanol–water partition coefficient (Wildman–Crippen LogP) is 2.25. The van der Waals surface area contributed by atoms with E-state index in [0.29, 0.717) is 11.8 Å². The SMILES string of the molecule is CC(C)c1c(I)[nH]c(C=O)c1C(=O)O. The topological polar surface area (TPSA) is 70.2 Å². The van der Waals surface area contributed by atoms with Crippen LogP contribution in [0.25, 0.3) is 0 Å². The monoisotopic (exact) mass is 307 g/mol. The molecule has 0 unspecified atom stereocenters. The van der Waals surface area contributed by atoms with Crippen molar-refractivity contribution < 1.29 is 14.7 Å². The molecule has 1 rings (SSSR count). The number of aromatic amines is 1. The molecule has 14 heavy (non-hydrogen) atoms. The Labute approximate surface area is 94.8 Å². The number of hydrogen-bond donors (Lipinski definition) is 2. The van der Waals surface area contributed by atoms with E-state index in [1.54, 1.807) is 0 Å². The molecule has 1 heterocycles. The fourth-order valence-electron chi connectivity index (χ4n) is 1.36. The summed E-state index contributed by atoms with van der Waals surface area (Å²) in [6.45, 7) is 3.79. The van der Waals surface area contributed by atoms with Crippen molar-refractivity contribution in [3.63, 3.8) is 0 Å². The number of carboxylic acid groups (broad SMARTS) is 1. The molecule has 0 aliphatic rings. The van der Waals surface area contributed by atoms with Gasteiger partial charge in [-0.15, -0.1) is 0 Å². The lowest BCUT2D eigenvalue weighted by molar-refractivity contribution is 0.0692. The highest BCUT2D eigenvalue weighted by Gasteiger charge is 2.22. The van der Waals surface area contributed by atoms with Gasteiger partial charge < -0.3 is 10.1 Å². The van der Waals surface area contributed by atoms with Gasteiger partial charge >= 0.3 is 5.97 Å². The van der Waals surface area contributed by atoms with Crippen LogP contribution < -0.4 is 0 Å². The summed E-state index contributed by atoms with van der Waals surface area (Å²) in [5.41, 5.74) is 0.935. The molecule has 0 saturated carbocycles. The van der Waals surface area contributed by atoms with Crippen molar-refractivity contribution in [2.45, 2.75) is 19.8 Å². The quantitative estimate of drug-likeness (QED) is 0.664. The van der Waals surface area contributed by atoms with Gasteiger partial charge in [0.05, 0.1) is 15.0 Å². The van der Waals surface area contributed by atoms with Gasteiger partial charge in [0.15, 0.2) is 6.29 Å². The Morgan fingerprint density at radius 2 is 2.14 bits per heavy atom. The van der Waals surface area contributed by atoms with E-state index >= 15 is 0 Å². The van der Waals surface area contributed by atoms with E-state index in [9.17, 15) is 9.59 Å². The standard InChI is InChI=1S/C9H10INO3/c1-4(2)6-7(9(13)14)5(3-12)11-8(6)10/h3-4,11H,1-2H3,(H,13,14). The molecule has 1 aromatic heterocycles. The molecule has 0 amide bonds. The van der Waals surface area contributed by atoms with Crippen LogP contribution in [0.3, 0.4) is 0 Å². The molecule has 0 atom stereocenters. The fourth-order valence-corrected chi connectivity index (χ4v) is 2.55. The van der Waals surface area contributed by atoms with Crippen molar-refractivity contribution >= 4 is 34.8 Å². The Kier molecular flexibility index (Phi) is 3.30. The number of carboxylic acids is 1. The first kappa shape index (κ1) is 11.2. The Hall–Kier alpha value is -0.850. The first-order valence-electron chi connectivity index (χ1n) is 4.08. The third-order valence-electron chi connectivity index (χ3n) is 1.93. The summed E-state index contributed by atoms with van der Waals surface area (Å²) in [4.78, 5) is 24.3. The van der Waals surface area contributed by atoms with E-state index in [-0.39, 0.29) is 17.2 Å². The highest BCUT2D eigenvalue weighted by Crippen LogP contribution is 2.27.